The highest BCUT2D eigenvalue weighted by molar-refractivity contribution is 5.81. The molecule has 0 aliphatic carbocycles. The summed E-state index contributed by atoms with van der Waals surface area (Å²) in [6.45, 7) is 6.52. The quantitative estimate of drug-likeness (QED) is 0.843. The number of hydrogen-bond acceptors (Lipinski definition) is 4. The number of amides is 2. The molecule has 6 nitrogen and oxygen atoms in total. The Hall–Kier alpha value is -2.08. The molecule has 0 radical (unpaired) electrons. The van der Waals surface area contributed by atoms with Crippen molar-refractivity contribution in [3.63, 3.8) is 0 Å². The topological polar surface area (TPSA) is 53.1 Å². The van der Waals surface area contributed by atoms with Crippen LogP contribution in [0.1, 0.15) is 26.2 Å². The highest BCUT2D eigenvalue weighted by Crippen LogP contribution is 2.15. The van der Waals surface area contributed by atoms with Crippen molar-refractivity contribution in [1.82, 2.24) is 14.7 Å². The lowest BCUT2D eigenvalue weighted by atomic mass is 10.2. The summed E-state index contributed by atoms with van der Waals surface area (Å²) >= 11 is 0. The molecule has 1 aromatic rings. The lowest BCUT2D eigenvalue weighted by Crippen LogP contribution is -2.47. The molecule has 3 rings (SSSR count). The molecule has 0 N–H and O–H groups in total. The van der Waals surface area contributed by atoms with Gasteiger partial charge >= 0.3 is 6.09 Å². The van der Waals surface area contributed by atoms with Crippen LogP contribution in [0.5, 0.6) is 5.75 Å². The van der Waals surface area contributed by atoms with Gasteiger partial charge < -0.3 is 14.5 Å². The zero-order valence-electron chi connectivity index (χ0n) is 14.9. The molecule has 1 unspecified atom stereocenters. The summed E-state index contributed by atoms with van der Waals surface area (Å²) in [5.41, 5.74) is 0. The number of ether oxygens (including phenoxy) is 1. The Balaban J connectivity index is 1.53. The maximum absolute atomic E-state index is 12.6. The van der Waals surface area contributed by atoms with E-state index in [-0.39, 0.29) is 18.0 Å². The maximum Gasteiger partial charge on any atom is 0.415 e. The lowest BCUT2D eigenvalue weighted by molar-refractivity contribution is -0.135. The zero-order chi connectivity index (χ0) is 17.6. The first-order chi connectivity index (χ1) is 12.1. The molecule has 136 valence electrons. The van der Waals surface area contributed by atoms with Gasteiger partial charge in [-0.2, -0.15) is 0 Å². The third kappa shape index (κ3) is 4.51. The number of carbonyl (C=O) groups excluding carboxylic acids is 2. The van der Waals surface area contributed by atoms with Crippen LogP contribution < -0.4 is 4.74 Å². The van der Waals surface area contributed by atoms with Crippen molar-refractivity contribution in [2.45, 2.75) is 32.2 Å². The van der Waals surface area contributed by atoms with Crippen LogP contribution in [0, 0.1) is 0 Å². The second-order valence-corrected chi connectivity index (χ2v) is 6.77. The first-order valence-corrected chi connectivity index (χ1v) is 9.20. The standard InChI is InChI=1S/C19H27N3O3/c1-16(18(23)21-10-5-6-11-21)20-12-7-13-22(15-14-20)19(24)25-17-8-3-2-4-9-17/h2-4,8-9,16H,5-7,10-15H2,1H3. The normalized spacial score (nSPS) is 20.2. The fraction of sp³-hybridized carbons (Fsp3) is 0.579. The molecule has 0 bridgehead atoms. The minimum Gasteiger partial charge on any atom is -0.410 e. The molecule has 0 aromatic heterocycles. The van der Waals surface area contributed by atoms with E-state index >= 15 is 0 Å². The van der Waals surface area contributed by atoms with Crippen molar-refractivity contribution in [2.24, 2.45) is 0 Å². The van der Waals surface area contributed by atoms with E-state index in [1.54, 1.807) is 17.0 Å². The van der Waals surface area contributed by atoms with Gasteiger partial charge in [0.25, 0.3) is 0 Å². The van der Waals surface area contributed by atoms with Crippen LogP contribution in [0.25, 0.3) is 0 Å². The number of carbonyl (C=O) groups is 2. The Labute approximate surface area is 149 Å². The number of likely N-dealkylation sites (tertiary alicyclic amines) is 1. The molecule has 2 saturated heterocycles. The molecule has 1 aromatic carbocycles. The van der Waals surface area contributed by atoms with E-state index in [2.05, 4.69) is 4.90 Å². The van der Waals surface area contributed by atoms with Gasteiger partial charge in [0.2, 0.25) is 5.91 Å². The van der Waals surface area contributed by atoms with E-state index in [1.165, 1.54) is 0 Å². The largest absolute Gasteiger partial charge is 0.415 e. The van der Waals surface area contributed by atoms with Crippen molar-refractivity contribution in [3.8, 4) is 5.75 Å². The van der Waals surface area contributed by atoms with Gasteiger partial charge in [-0.25, -0.2) is 4.79 Å². The lowest BCUT2D eigenvalue weighted by Gasteiger charge is -2.30. The first kappa shape index (κ1) is 17.7. The van der Waals surface area contributed by atoms with Crippen LogP contribution >= 0.6 is 0 Å². The van der Waals surface area contributed by atoms with Gasteiger partial charge in [0.15, 0.2) is 0 Å². The Bertz CT molecular complexity index is 587. The molecular weight excluding hydrogens is 318 g/mol. The Kier molecular flexibility index (Phi) is 5.91. The average molecular weight is 345 g/mol. The Morgan fingerprint density at radius 2 is 1.56 bits per heavy atom. The second-order valence-electron chi connectivity index (χ2n) is 6.77. The van der Waals surface area contributed by atoms with E-state index < -0.39 is 0 Å². The Morgan fingerprint density at radius 3 is 2.28 bits per heavy atom. The second kappa shape index (κ2) is 8.34. The van der Waals surface area contributed by atoms with Crippen molar-refractivity contribution >= 4 is 12.0 Å². The fourth-order valence-electron chi connectivity index (χ4n) is 3.52. The smallest absolute Gasteiger partial charge is 0.410 e. The van der Waals surface area contributed by atoms with Gasteiger partial charge in [-0.1, -0.05) is 18.2 Å². The molecule has 6 heteroatoms. The van der Waals surface area contributed by atoms with Crippen LogP contribution in [0.3, 0.4) is 0 Å². The third-order valence-corrected chi connectivity index (χ3v) is 5.06. The van der Waals surface area contributed by atoms with E-state index in [4.69, 9.17) is 4.74 Å². The number of benzene rings is 1. The molecular formula is C19H27N3O3. The van der Waals surface area contributed by atoms with Gasteiger partial charge in [0.05, 0.1) is 6.04 Å². The predicted octanol–water partition coefficient (Wildman–Crippen LogP) is 2.20. The molecule has 2 aliphatic heterocycles. The van der Waals surface area contributed by atoms with Crippen LogP contribution in [0.2, 0.25) is 0 Å². The van der Waals surface area contributed by atoms with Gasteiger partial charge in [-0.05, 0) is 38.3 Å². The third-order valence-electron chi connectivity index (χ3n) is 5.06. The summed E-state index contributed by atoms with van der Waals surface area (Å²) in [6, 6.07) is 9.01. The molecule has 2 fully saturated rings. The molecule has 2 heterocycles. The Morgan fingerprint density at radius 1 is 0.880 bits per heavy atom. The minimum atomic E-state index is -0.313. The summed E-state index contributed by atoms with van der Waals surface area (Å²) in [7, 11) is 0. The van der Waals surface area contributed by atoms with Crippen molar-refractivity contribution in [1.29, 1.82) is 0 Å². The van der Waals surface area contributed by atoms with E-state index in [9.17, 15) is 9.59 Å². The summed E-state index contributed by atoms with van der Waals surface area (Å²) < 4.78 is 5.43. The minimum absolute atomic E-state index is 0.122. The number of rotatable bonds is 3. The fourth-order valence-corrected chi connectivity index (χ4v) is 3.52. The summed E-state index contributed by atoms with van der Waals surface area (Å²) in [5.74, 6) is 0.781. The van der Waals surface area contributed by atoms with E-state index in [0.717, 1.165) is 38.9 Å². The van der Waals surface area contributed by atoms with Gasteiger partial charge in [0.1, 0.15) is 5.75 Å². The highest BCUT2D eigenvalue weighted by atomic mass is 16.6. The van der Waals surface area contributed by atoms with Crippen LogP contribution in [0.4, 0.5) is 4.79 Å². The zero-order valence-corrected chi connectivity index (χ0v) is 14.9. The van der Waals surface area contributed by atoms with Crippen LogP contribution in [-0.2, 0) is 4.79 Å². The molecule has 0 spiro atoms. The molecule has 1 atom stereocenters. The molecule has 2 aliphatic rings. The van der Waals surface area contributed by atoms with Gasteiger partial charge in [-0.3, -0.25) is 9.69 Å². The highest BCUT2D eigenvalue weighted by Gasteiger charge is 2.30. The van der Waals surface area contributed by atoms with E-state index in [1.807, 2.05) is 30.0 Å². The maximum atomic E-state index is 12.6. The van der Waals surface area contributed by atoms with E-state index in [0.29, 0.717) is 25.4 Å². The van der Waals surface area contributed by atoms with Crippen LogP contribution in [-0.4, -0.2) is 72.0 Å². The summed E-state index contributed by atoms with van der Waals surface area (Å²) in [4.78, 5) is 30.8. The molecule has 0 saturated carbocycles. The van der Waals surface area contributed by atoms with Crippen molar-refractivity contribution in [2.75, 3.05) is 39.3 Å². The van der Waals surface area contributed by atoms with Crippen molar-refractivity contribution in [3.05, 3.63) is 30.3 Å². The number of para-hydroxylation sites is 1. The monoisotopic (exact) mass is 345 g/mol. The first-order valence-electron chi connectivity index (χ1n) is 9.20. The SMILES string of the molecule is CC(C(=O)N1CCCC1)N1CCCN(C(=O)Oc2ccccc2)CC1. The number of hydrogen-bond donors (Lipinski definition) is 0. The van der Waals surface area contributed by atoms with Gasteiger partial charge in [0, 0.05) is 39.3 Å². The molecule has 25 heavy (non-hydrogen) atoms. The van der Waals surface area contributed by atoms with Crippen molar-refractivity contribution < 1.29 is 14.3 Å². The van der Waals surface area contributed by atoms with Gasteiger partial charge in [-0.15, -0.1) is 0 Å². The summed E-state index contributed by atoms with van der Waals surface area (Å²) in [5, 5.41) is 0. The number of nitrogens with zero attached hydrogens (tertiary/aromatic N) is 3. The average Bonchev–Trinajstić information content (AvgIpc) is 3.05. The molecule has 2 amide bonds. The van der Waals surface area contributed by atoms with Crippen LogP contribution in [0.15, 0.2) is 30.3 Å². The summed E-state index contributed by atoms with van der Waals surface area (Å²) in [6.07, 6.45) is 2.75. The predicted molar refractivity (Wildman–Crippen MR) is 95.5 cm³/mol.